The summed E-state index contributed by atoms with van der Waals surface area (Å²) in [7, 11) is 1.74. The first-order valence-corrected chi connectivity index (χ1v) is 9.00. The van der Waals surface area contributed by atoms with Crippen LogP contribution in [0.15, 0.2) is 23.2 Å². The Morgan fingerprint density at radius 1 is 1.20 bits per heavy atom. The van der Waals surface area contributed by atoms with E-state index in [0.29, 0.717) is 0 Å². The Balaban J connectivity index is 0.00000312. The number of hydrogen-bond donors (Lipinski definition) is 1. The van der Waals surface area contributed by atoms with E-state index in [1.54, 1.807) is 7.11 Å². The number of aliphatic imine (C=N–C) groups is 1. The molecule has 0 aliphatic carbocycles. The van der Waals surface area contributed by atoms with Gasteiger partial charge in [0.05, 0.1) is 0 Å². The van der Waals surface area contributed by atoms with Gasteiger partial charge in [-0.15, -0.1) is 24.0 Å². The zero-order chi connectivity index (χ0) is 17.4. The third-order valence-electron chi connectivity index (χ3n) is 4.60. The van der Waals surface area contributed by atoms with Gasteiger partial charge >= 0.3 is 0 Å². The quantitative estimate of drug-likeness (QED) is 0.307. The summed E-state index contributed by atoms with van der Waals surface area (Å²) in [4.78, 5) is 9.60. The fraction of sp³-hybridized carbons (Fsp3) is 0.632. The Kier molecular flexibility index (Phi) is 10.2. The molecule has 0 bridgehead atoms. The number of methoxy groups -OCH3 is 1. The van der Waals surface area contributed by atoms with Crippen LogP contribution in [0.2, 0.25) is 0 Å². The summed E-state index contributed by atoms with van der Waals surface area (Å²) in [6.07, 6.45) is 0.966. The normalized spacial score (nSPS) is 15.1. The van der Waals surface area contributed by atoms with E-state index in [0.717, 1.165) is 58.3 Å². The second-order valence-electron chi connectivity index (χ2n) is 6.28. The van der Waals surface area contributed by atoms with Crippen molar-refractivity contribution in [3.05, 3.63) is 29.3 Å². The Hall–Kier alpha value is -1.02. The van der Waals surface area contributed by atoms with Gasteiger partial charge in [-0.25, -0.2) is 0 Å². The lowest BCUT2D eigenvalue weighted by Gasteiger charge is -2.38. The molecule has 0 saturated carbocycles. The van der Waals surface area contributed by atoms with E-state index < -0.39 is 0 Å². The molecular formula is C19H33IN4O. The number of benzene rings is 1. The van der Waals surface area contributed by atoms with Crippen LogP contribution in [0.5, 0.6) is 0 Å². The first-order valence-electron chi connectivity index (χ1n) is 9.00. The maximum Gasteiger partial charge on any atom is 0.194 e. The topological polar surface area (TPSA) is 40.1 Å². The minimum Gasteiger partial charge on any atom is -0.385 e. The number of rotatable bonds is 6. The van der Waals surface area contributed by atoms with Crippen LogP contribution in [0.3, 0.4) is 0 Å². The van der Waals surface area contributed by atoms with Crippen molar-refractivity contribution in [1.82, 2.24) is 10.2 Å². The predicted octanol–water partition coefficient (Wildman–Crippen LogP) is 3.05. The summed E-state index contributed by atoms with van der Waals surface area (Å²) in [5.74, 6) is 1.04. The highest BCUT2D eigenvalue weighted by Crippen LogP contribution is 2.23. The Labute approximate surface area is 169 Å². The monoisotopic (exact) mass is 460 g/mol. The van der Waals surface area contributed by atoms with Crippen LogP contribution in [0, 0.1) is 13.8 Å². The van der Waals surface area contributed by atoms with E-state index in [1.165, 1.54) is 16.8 Å². The number of piperazine rings is 1. The minimum atomic E-state index is 0. The Bertz CT molecular complexity index is 542. The highest BCUT2D eigenvalue weighted by molar-refractivity contribution is 14.0. The van der Waals surface area contributed by atoms with Gasteiger partial charge in [-0.05, 0) is 44.4 Å². The van der Waals surface area contributed by atoms with Gasteiger partial charge < -0.3 is 19.9 Å². The Morgan fingerprint density at radius 3 is 2.56 bits per heavy atom. The minimum absolute atomic E-state index is 0. The highest BCUT2D eigenvalue weighted by Gasteiger charge is 2.20. The number of anilines is 1. The molecule has 1 aliphatic rings. The van der Waals surface area contributed by atoms with Crippen molar-refractivity contribution < 1.29 is 4.74 Å². The number of ether oxygens (including phenoxy) is 1. The number of nitrogens with zero attached hydrogens (tertiary/aromatic N) is 3. The van der Waals surface area contributed by atoms with Gasteiger partial charge in [0.15, 0.2) is 5.96 Å². The average Bonchev–Trinajstić information content (AvgIpc) is 2.60. The van der Waals surface area contributed by atoms with Crippen LogP contribution in [0.4, 0.5) is 5.69 Å². The molecule has 1 aliphatic heterocycles. The fourth-order valence-corrected chi connectivity index (χ4v) is 3.06. The van der Waals surface area contributed by atoms with Gasteiger partial charge in [0.2, 0.25) is 0 Å². The fourth-order valence-electron chi connectivity index (χ4n) is 3.06. The molecule has 2 rings (SSSR count). The molecule has 1 saturated heterocycles. The molecule has 0 amide bonds. The smallest absolute Gasteiger partial charge is 0.194 e. The van der Waals surface area contributed by atoms with Crippen molar-refractivity contribution in [1.29, 1.82) is 0 Å². The van der Waals surface area contributed by atoms with Crippen molar-refractivity contribution in [3.63, 3.8) is 0 Å². The van der Waals surface area contributed by atoms with Gasteiger partial charge in [-0.3, -0.25) is 4.99 Å². The average molecular weight is 460 g/mol. The summed E-state index contributed by atoms with van der Waals surface area (Å²) >= 11 is 0. The molecule has 0 atom stereocenters. The zero-order valence-electron chi connectivity index (χ0n) is 16.0. The van der Waals surface area contributed by atoms with Crippen LogP contribution in [0.25, 0.3) is 0 Å². The van der Waals surface area contributed by atoms with Crippen molar-refractivity contribution in [2.75, 3.05) is 57.9 Å². The first kappa shape index (κ1) is 22.0. The molecule has 1 N–H and O–H groups in total. The molecule has 1 heterocycles. The van der Waals surface area contributed by atoms with Gasteiger partial charge in [0.1, 0.15) is 0 Å². The maximum absolute atomic E-state index is 5.10. The van der Waals surface area contributed by atoms with E-state index in [1.807, 2.05) is 0 Å². The molecule has 0 spiro atoms. The second-order valence-corrected chi connectivity index (χ2v) is 6.28. The number of guanidine groups is 1. The molecule has 1 aromatic rings. The van der Waals surface area contributed by atoms with Gasteiger partial charge in [0, 0.05) is 58.7 Å². The summed E-state index contributed by atoms with van der Waals surface area (Å²) in [6, 6.07) is 6.58. The number of aryl methyl sites for hydroxylation is 1. The largest absolute Gasteiger partial charge is 0.385 e. The molecular weight excluding hydrogens is 427 g/mol. The highest BCUT2D eigenvalue weighted by atomic mass is 127. The van der Waals surface area contributed by atoms with E-state index in [9.17, 15) is 0 Å². The number of hydrogen-bond acceptors (Lipinski definition) is 3. The maximum atomic E-state index is 5.10. The predicted molar refractivity (Wildman–Crippen MR) is 118 cm³/mol. The van der Waals surface area contributed by atoms with E-state index >= 15 is 0 Å². The first-order chi connectivity index (χ1) is 11.7. The van der Waals surface area contributed by atoms with Crippen LogP contribution >= 0.6 is 24.0 Å². The molecule has 0 unspecified atom stereocenters. The van der Waals surface area contributed by atoms with Crippen molar-refractivity contribution in [2.24, 2.45) is 4.99 Å². The molecule has 1 aromatic carbocycles. The Morgan fingerprint density at radius 2 is 1.92 bits per heavy atom. The SMILES string of the molecule is CCNC(=NCCCOC)N1CCN(c2cccc(C)c2C)CC1.I. The van der Waals surface area contributed by atoms with E-state index in [4.69, 9.17) is 9.73 Å². The zero-order valence-corrected chi connectivity index (χ0v) is 18.4. The molecule has 5 nitrogen and oxygen atoms in total. The molecule has 1 fully saturated rings. The van der Waals surface area contributed by atoms with Gasteiger partial charge in [-0.1, -0.05) is 12.1 Å². The second kappa shape index (κ2) is 11.6. The van der Waals surface area contributed by atoms with Gasteiger partial charge in [0.25, 0.3) is 0 Å². The molecule has 0 aromatic heterocycles. The standard InChI is InChI=1S/C19H32N4O.HI/c1-5-20-19(21-10-7-15-24-4)23-13-11-22(12-14-23)18-9-6-8-16(2)17(18)3;/h6,8-9H,5,7,10-15H2,1-4H3,(H,20,21);1H. The molecule has 142 valence electrons. The molecule has 0 radical (unpaired) electrons. The number of halogens is 1. The summed E-state index contributed by atoms with van der Waals surface area (Å²) in [6.45, 7) is 13.1. The third kappa shape index (κ3) is 6.33. The van der Waals surface area contributed by atoms with Crippen LogP contribution in [0.1, 0.15) is 24.5 Å². The van der Waals surface area contributed by atoms with Crippen LogP contribution in [-0.4, -0.2) is 63.8 Å². The summed E-state index contributed by atoms with van der Waals surface area (Å²) in [5.41, 5.74) is 4.13. The summed E-state index contributed by atoms with van der Waals surface area (Å²) in [5, 5.41) is 3.42. The number of nitrogens with one attached hydrogen (secondary N) is 1. The summed E-state index contributed by atoms with van der Waals surface area (Å²) < 4.78 is 5.10. The third-order valence-corrected chi connectivity index (χ3v) is 4.60. The lowest BCUT2D eigenvalue weighted by Crippen LogP contribution is -2.52. The van der Waals surface area contributed by atoms with Crippen molar-refractivity contribution in [3.8, 4) is 0 Å². The van der Waals surface area contributed by atoms with Gasteiger partial charge in [-0.2, -0.15) is 0 Å². The lowest BCUT2D eigenvalue weighted by atomic mass is 10.1. The molecule has 25 heavy (non-hydrogen) atoms. The van der Waals surface area contributed by atoms with E-state index in [2.05, 4.69) is 54.1 Å². The van der Waals surface area contributed by atoms with Crippen LogP contribution in [-0.2, 0) is 4.74 Å². The van der Waals surface area contributed by atoms with Crippen LogP contribution < -0.4 is 10.2 Å². The van der Waals surface area contributed by atoms with Crippen molar-refractivity contribution in [2.45, 2.75) is 27.2 Å². The van der Waals surface area contributed by atoms with E-state index in [-0.39, 0.29) is 24.0 Å². The molecule has 6 heteroatoms. The lowest BCUT2D eigenvalue weighted by molar-refractivity contribution is 0.197. The van der Waals surface area contributed by atoms with Crippen molar-refractivity contribution >= 4 is 35.6 Å².